The third-order valence-corrected chi connectivity index (χ3v) is 18.3. The Hall–Kier alpha value is -7.89. The molecule has 8 aromatic rings. The summed E-state index contributed by atoms with van der Waals surface area (Å²) in [6, 6.07) is 50.5. The number of allylic oxidation sites excluding steroid dienone is 1. The third-order valence-electron chi connectivity index (χ3n) is 16.7. The molecule has 2 fully saturated rings. The van der Waals surface area contributed by atoms with E-state index in [4.69, 9.17) is 21.4 Å². The van der Waals surface area contributed by atoms with Gasteiger partial charge in [0.05, 0.1) is 39.4 Å². The number of carbonyl (C=O) groups excluding carboxylic acids is 1. The Morgan fingerprint density at radius 3 is 2.05 bits per heavy atom. The maximum Gasteiger partial charge on any atom is 0.312 e. The molecule has 1 amide bonds. The molecule has 422 valence electrons. The van der Waals surface area contributed by atoms with E-state index in [9.17, 15) is 28.4 Å². The van der Waals surface area contributed by atoms with Crippen molar-refractivity contribution in [2.75, 3.05) is 49.5 Å². The largest absolute Gasteiger partial charge is 0.456 e. The molecule has 1 saturated heterocycles. The molecule has 3 N–H and O–H groups in total. The van der Waals surface area contributed by atoms with E-state index < -0.39 is 42.6 Å². The highest BCUT2D eigenvalue weighted by Gasteiger charge is 2.41. The summed E-state index contributed by atoms with van der Waals surface area (Å²) in [7, 11) is -4.74. The minimum Gasteiger partial charge on any atom is -0.456 e. The van der Waals surface area contributed by atoms with Crippen LogP contribution < -0.4 is 19.7 Å². The molecule has 3 heterocycles. The summed E-state index contributed by atoms with van der Waals surface area (Å²) < 4.78 is 39.4. The van der Waals surface area contributed by atoms with Gasteiger partial charge in [-0.15, -0.1) is 0 Å². The topological polar surface area (TPSA) is 185 Å². The molecule has 0 spiro atoms. The summed E-state index contributed by atoms with van der Waals surface area (Å²) in [4.78, 5) is 34.7. The van der Waals surface area contributed by atoms with Crippen LogP contribution in [-0.4, -0.2) is 88.9 Å². The Bertz CT molecular complexity index is 3670. The number of ether oxygens (including phenoxy) is 1. The van der Waals surface area contributed by atoms with Gasteiger partial charge in [0.15, 0.2) is 0 Å². The Labute approximate surface area is 483 Å². The first-order valence-electron chi connectivity index (χ1n) is 28.0. The Morgan fingerprint density at radius 2 is 1.43 bits per heavy atom. The van der Waals surface area contributed by atoms with E-state index in [0.29, 0.717) is 48.6 Å². The summed E-state index contributed by atoms with van der Waals surface area (Å²) in [6.07, 6.45) is 8.51. The lowest BCUT2D eigenvalue weighted by molar-refractivity contribution is -0.384. The summed E-state index contributed by atoms with van der Waals surface area (Å²) in [5, 5.41) is 32.4. The van der Waals surface area contributed by atoms with Gasteiger partial charge in [-0.1, -0.05) is 140 Å². The summed E-state index contributed by atoms with van der Waals surface area (Å²) in [5.74, 6) is -0.512. The van der Waals surface area contributed by atoms with E-state index in [-0.39, 0.29) is 28.5 Å². The van der Waals surface area contributed by atoms with Gasteiger partial charge in [0.2, 0.25) is 5.82 Å². The lowest BCUT2D eigenvalue weighted by atomic mass is 9.72. The van der Waals surface area contributed by atoms with Crippen LogP contribution in [0.15, 0.2) is 181 Å². The number of pyridine rings is 1. The second-order valence-electron chi connectivity index (χ2n) is 23.1. The fourth-order valence-electron chi connectivity index (χ4n) is 12.1. The molecule has 0 radical (unpaired) electrons. The molecule has 17 heteroatoms. The number of carbonyl (C=O) groups is 1. The van der Waals surface area contributed by atoms with Crippen molar-refractivity contribution in [3.05, 3.63) is 219 Å². The number of benzene rings is 6. The maximum atomic E-state index is 14.6. The number of aliphatic hydroxyl groups is 1. The monoisotopic (exact) mass is 1140 g/mol. The number of hydrogen-bond donors (Lipinski definition) is 3. The van der Waals surface area contributed by atoms with Gasteiger partial charge in [-0.3, -0.25) is 19.8 Å². The van der Waals surface area contributed by atoms with Gasteiger partial charge in [-0.05, 0) is 127 Å². The lowest BCUT2D eigenvalue weighted by Gasteiger charge is -2.39. The van der Waals surface area contributed by atoms with Crippen LogP contribution in [0, 0.1) is 21.4 Å². The second kappa shape index (κ2) is 23.2. The number of anilines is 2. The van der Waals surface area contributed by atoms with Crippen molar-refractivity contribution in [2.24, 2.45) is 11.3 Å². The zero-order valence-corrected chi connectivity index (χ0v) is 47.9. The number of sulfonamides is 1. The molecular weight excluding hydrogens is 1070 g/mol. The van der Waals surface area contributed by atoms with E-state index >= 15 is 0 Å². The number of piperazine rings is 1. The highest BCUT2D eigenvalue weighted by Crippen LogP contribution is 2.46. The lowest BCUT2D eigenvalue weighted by Crippen LogP contribution is -2.47. The zero-order valence-electron chi connectivity index (χ0n) is 46.3. The molecule has 0 bridgehead atoms. The van der Waals surface area contributed by atoms with E-state index in [1.165, 1.54) is 16.7 Å². The van der Waals surface area contributed by atoms with E-state index in [0.717, 1.165) is 91.9 Å². The van der Waals surface area contributed by atoms with Crippen molar-refractivity contribution in [1.82, 2.24) is 24.4 Å². The highest BCUT2D eigenvalue weighted by molar-refractivity contribution is 7.90. The molecule has 11 rings (SSSR count). The SMILES string of the molecule is CC1(C)CCC(CN2CCN(c3ccc(C(=O)NS(=O)(=O)c4cnc(NCC5CCC(C)(O)CC5)c([N+](=O)[O-])c4)c(Oc4cccc5c4cnn5C(c4ccccc4)(c4ccccc4)c4ccccc4)c3)CC2)=C(c2ccc(Cl)cc2)C1. The third kappa shape index (κ3) is 11.8. The van der Waals surface area contributed by atoms with Crippen molar-refractivity contribution in [1.29, 1.82) is 0 Å². The first-order chi connectivity index (χ1) is 39.5. The number of nitro groups is 1. The molecule has 0 atom stereocenters. The predicted octanol–water partition coefficient (Wildman–Crippen LogP) is 12.9. The van der Waals surface area contributed by atoms with E-state index in [2.05, 4.69) is 87.2 Å². The minimum atomic E-state index is -4.74. The van der Waals surface area contributed by atoms with Crippen LogP contribution >= 0.6 is 11.6 Å². The van der Waals surface area contributed by atoms with Crippen molar-refractivity contribution in [2.45, 2.75) is 81.8 Å². The first-order valence-corrected chi connectivity index (χ1v) is 29.9. The summed E-state index contributed by atoms with van der Waals surface area (Å²) in [5.41, 5.74) is 6.32. The van der Waals surface area contributed by atoms with Crippen LogP contribution in [0.4, 0.5) is 17.2 Å². The minimum absolute atomic E-state index is 0.0864. The molecule has 2 aromatic heterocycles. The number of nitrogens with one attached hydrogen (secondary N) is 2. The number of aromatic nitrogens is 3. The van der Waals surface area contributed by atoms with Gasteiger partial charge in [-0.2, -0.15) is 5.10 Å². The molecule has 82 heavy (non-hydrogen) atoms. The van der Waals surface area contributed by atoms with Crippen LogP contribution in [0.3, 0.4) is 0 Å². The molecule has 6 aromatic carbocycles. The quantitative estimate of drug-likeness (QED) is 0.0446. The molecule has 1 saturated carbocycles. The van der Waals surface area contributed by atoms with Crippen LogP contribution in [0.1, 0.15) is 98.3 Å². The average molecular weight is 1140 g/mol. The number of nitrogens with zero attached hydrogens (tertiary/aromatic N) is 6. The van der Waals surface area contributed by atoms with Crippen LogP contribution in [0.5, 0.6) is 11.5 Å². The van der Waals surface area contributed by atoms with Gasteiger partial charge < -0.3 is 20.1 Å². The van der Waals surface area contributed by atoms with E-state index in [1.54, 1.807) is 37.4 Å². The number of amides is 1. The number of hydrogen-bond acceptors (Lipinski definition) is 12. The van der Waals surface area contributed by atoms with Crippen molar-refractivity contribution in [3.8, 4) is 11.5 Å². The van der Waals surface area contributed by atoms with Gasteiger partial charge in [0, 0.05) is 62.1 Å². The summed E-state index contributed by atoms with van der Waals surface area (Å²) >= 11 is 6.32. The highest BCUT2D eigenvalue weighted by atomic mass is 35.5. The van der Waals surface area contributed by atoms with Crippen LogP contribution in [0.2, 0.25) is 5.02 Å². The van der Waals surface area contributed by atoms with Gasteiger partial charge in [0.1, 0.15) is 21.9 Å². The molecule has 15 nitrogen and oxygen atoms in total. The normalized spacial score (nSPS) is 18.7. The molecular formula is C65H67ClN8O7S. The first kappa shape index (κ1) is 56.0. The smallest absolute Gasteiger partial charge is 0.312 e. The second-order valence-corrected chi connectivity index (χ2v) is 25.2. The average Bonchev–Trinajstić information content (AvgIpc) is 3.98. The van der Waals surface area contributed by atoms with Gasteiger partial charge in [0.25, 0.3) is 15.9 Å². The molecule has 2 aliphatic carbocycles. The van der Waals surface area contributed by atoms with Crippen molar-refractivity contribution in [3.63, 3.8) is 0 Å². The van der Waals surface area contributed by atoms with E-state index in [1.807, 2.05) is 83.5 Å². The number of rotatable bonds is 17. The van der Waals surface area contributed by atoms with Crippen molar-refractivity contribution >= 4 is 61.2 Å². The maximum absolute atomic E-state index is 14.6. The molecule has 1 aliphatic heterocycles. The molecule has 3 aliphatic rings. The van der Waals surface area contributed by atoms with Gasteiger partial charge in [-0.25, -0.2) is 22.8 Å². The van der Waals surface area contributed by atoms with Crippen LogP contribution in [0.25, 0.3) is 16.5 Å². The summed E-state index contributed by atoms with van der Waals surface area (Å²) in [6.45, 7) is 10.6. The number of halogens is 1. The zero-order chi connectivity index (χ0) is 57.2. The fraction of sp³-hybridized carbons (Fsp3) is 0.308. The Balaban J connectivity index is 0.923. The van der Waals surface area contributed by atoms with Gasteiger partial charge >= 0.3 is 5.69 Å². The predicted molar refractivity (Wildman–Crippen MR) is 322 cm³/mol. The van der Waals surface area contributed by atoms with Crippen LogP contribution in [-0.2, 0) is 15.6 Å². The Kier molecular flexibility index (Phi) is 15.8. The fourth-order valence-corrected chi connectivity index (χ4v) is 13.2. The molecule has 0 unspecified atom stereocenters. The number of fused-ring (bicyclic) bond motifs is 1. The standard InChI is InChI=1S/C65H67ClN8O7S/c1-63(2)31-30-47(55(40-63)46-22-24-51(66)25-23-46)44-71-34-36-72(37-35-71)52-26-27-54(62(75)70-82(79,80)53-39-58(74(77)78)61(68-42-53)67-41-45-28-32-64(3,76)33-29-45)60(38-52)81-59-21-13-20-57-56(59)43-69-73(57)65(48-14-7-4-8-15-48,49-16-9-5-10-17-49)50-18-11-6-12-19-50/h4-27,38-39,42-43,45,76H,28-37,40-41,44H2,1-3H3,(H,67,68)(H,70,75). The Morgan fingerprint density at radius 1 is 0.793 bits per heavy atom. The van der Waals surface area contributed by atoms with Crippen molar-refractivity contribution < 1.29 is 28.0 Å².